The largest absolute Gasteiger partial charge is 0.468 e. The summed E-state index contributed by atoms with van der Waals surface area (Å²) in [6.45, 7) is 5.29. The lowest BCUT2D eigenvalue weighted by Crippen LogP contribution is -2.42. The number of nitrogens with zero attached hydrogens (tertiary/aromatic N) is 1. The van der Waals surface area contributed by atoms with Crippen molar-refractivity contribution >= 4 is 0 Å². The molecule has 0 amide bonds. The second-order valence-corrected chi connectivity index (χ2v) is 5.29. The van der Waals surface area contributed by atoms with Crippen molar-refractivity contribution in [1.82, 2.24) is 10.2 Å². The van der Waals surface area contributed by atoms with Gasteiger partial charge in [0, 0.05) is 25.7 Å². The molecule has 3 rings (SSSR count). The lowest BCUT2D eigenvalue weighted by Gasteiger charge is -2.35. The normalized spacial score (nSPS) is 17.7. The van der Waals surface area contributed by atoms with Gasteiger partial charge in [-0.15, -0.1) is 0 Å². The Morgan fingerprint density at radius 1 is 1.05 bits per heavy atom. The van der Waals surface area contributed by atoms with E-state index in [1.807, 2.05) is 12.1 Å². The Balaban J connectivity index is 1.63. The number of benzene rings is 1. The summed E-state index contributed by atoms with van der Waals surface area (Å²) in [5.74, 6) is 0.976. The second-order valence-electron chi connectivity index (χ2n) is 5.29. The quantitative estimate of drug-likeness (QED) is 0.885. The maximum atomic E-state index is 5.47. The molecule has 0 aliphatic carbocycles. The minimum absolute atomic E-state index is 0.380. The molecule has 0 bridgehead atoms. The molecule has 4 heteroatoms. The molecule has 0 radical (unpaired) electrons. The summed E-state index contributed by atoms with van der Waals surface area (Å²) in [6, 6.07) is 15.0. The highest BCUT2D eigenvalue weighted by molar-refractivity contribution is 5.19. The lowest BCUT2D eigenvalue weighted by atomic mass is 10.0. The Kier molecular flexibility index (Phi) is 5.05. The topological polar surface area (TPSA) is 37.6 Å². The van der Waals surface area contributed by atoms with Gasteiger partial charge in [0.05, 0.1) is 26.0 Å². The van der Waals surface area contributed by atoms with Crippen LogP contribution in [-0.4, -0.2) is 37.7 Å². The molecular weight excluding hydrogens is 264 g/mol. The first-order valence-corrected chi connectivity index (χ1v) is 7.53. The van der Waals surface area contributed by atoms with Crippen molar-refractivity contribution in [2.24, 2.45) is 0 Å². The molecule has 1 saturated heterocycles. The zero-order valence-electron chi connectivity index (χ0n) is 12.2. The number of ether oxygens (including phenoxy) is 1. The van der Waals surface area contributed by atoms with E-state index in [0.29, 0.717) is 6.04 Å². The van der Waals surface area contributed by atoms with Gasteiger partial charge in [-0.1, -0.05) is 30.3 Å². The van der Waals surface area contributed by atoms with Crippen molar-refractivity contribution in [3.8, 4) is 0 Å². The molecule has 2 heterocycles. The van der Waals surface area contributed by atoms with E-state index in [1.165, 1.54) is 5.56 Å². The van der Waals surface area contributed by atoms with E-state index >= 15 is 0 Å². The van der Waals surface area contributed by atoms with E-state index < -0.39 is 0 Å². The molecule has 1 N–H and O–H groups in total. The first-order chi connectivity index (χ1) is 10.4. The molecule has 1 aromatic heterocycles. The highest BCUT2D eigenvalue weighted by Gasteiger charge is 2.22. The number of hydrogen-bond donors (Lipinski definition) is 1. The van der Waals surface area contributed by atoms with Crippen LogP contribution in [0.1, 0.15) is 17.4 Å². The summed E-state index contributed by atoms with van der Waals surface area (Å²) >= 11 is 0. The highest BCUT2D eigenvalue weighted by atomic mass is 16.5. The van der Waals surface area contributed by atoms with Crippen LogP contribution >= 0.6 is 0 Å². The second kappa shape index (κ2) is 7.41. The maximum Gasteiger partial charge on any atom is 0.117 e. The van der Waals surface area contributed by atoms with Crippen molar-refractivity contribution in [2.45, 2.75) is 12.6 Å². The van der Waals surface area contributed by atoms with Gasteiger partial charge in [0.15, 0.2) is 0 Å². The zero-order chi connectivity index (χ0) is 14.3. The summed E-state index contributed by atoms with van der Waals surface area (Å²) in [7, 11) is 0. The van der Waals surface area contributed by atoms with Crippen LogP contribution < -0.4 is 5.32 Å². The van der Waals surface area contributed by atoms with Crippen molar-refractivity contribution in [3.63, 3.8) is 0 Å². The molecule has 1 unspecified atom stereocenters. The van der Waals surface area contributed by atoms with Gasteiger partial charge >= 0.3 is 0 Å². The standard InChI is InChI=1S/C17H22N2O2/c1-2-5-15(6-3-1)17(19-8-11-20-12-9-19)14-18-13-16-7-4-10-21-16/h1-7,10,17-18H,8-9,11-14H2. The molecule has 2 aromatic rings. The SMILES string of the molecule is c1ccc(C(CNCc2ccco2)N2CCOCC2)cc1. The third-order valence-corrected chi connectivity index (χ3v) is 3.89. The number of furan rings is 1. The zero-order valence-corrected chi connectivity index (χ0v) is 12.2. The van der Waals surface area contributed by atoms with Crippen molar-refractivity contribution in [3.05, 3.63) is 60.1 Å². The number of hydrogen-bond acceptors (Lipinski definition) is 4. The van der Waals surface area contributed by atoms with Crippen LogP contribution in [0.4, 0.5) is 0 Å². The Labute approximate surface area is 125 Å². The molecule has 1 aliphatic heterocycles. The van der Waals surface area contributed by atoms with Crippen LogP contribution in [0.5, 0.6) is 0 Å². The minimum Gasteiger partial charge on any atom is -0.468 e. The summed E-state index contributed by atoms with van der Waals surface area (Å²) < 4.78 is 10.8. The van der Waals surface area contributed by atoms with Gasteiger partial charge in [0.25, 0.3) is 0 Å². The summed E-state index contributed by atoms with van der Waals surface area (Å²) in [4.78, 5) is 2.49. The van der Waals surface area contributed by atoms with E-state index in [-0.39, 0.29) is 0 Å². The van der Waals surface area contributed by atoms with E-state index in [4.69, 9.17) is 9.15 Å². The Hall–Kier alpha value is -1.62. The van der Waals surface area contributed by atoms with Gasteiger partial charge < -0.3 is 14.5 Å². The van der Waals surface area contributed by atoms with Crippen molar-refractivity contribution in [1.29, 1.82) is 0 Å². The molecule has 112 valence electrons. The van der Waals surface area contributed by atoms with Crippen molar-refractivity contribution < 1.29 is 9.15 Å². The summed E-state index contributed by atoms with van der Waals surface area (Å²) in [5.41, 5.74) is 1.35. The molecule has 0 spiro atoms. The van der Waals surface area contributed by atoms with Gasteiger partial charge in [-0.25, -0.2) is 0 Å². The predicted molar refractivity (Wildman–Crippen MR) is 82.0 cm³/mol. The maximum absolute atomic E-state index is 5.47. The third kappa shape index (κ3) is 3.94. The van der Waals surface area contributed by atoms with Gasteiger partial charge in [-0.05, 0) is 17.7 Å². The lowest BCUT2D eigenvalue weighted by molar-refractivity contribution is 0.0160. The number of morpholine rings is 1. The molecule has 21 heavy (non-hydrogen) atoms. The number of rotatable bonds is 6. The highest BCUT2D eigenvalue weighted by Crippen LogP contribution is 2.21. The Morgan fingerprint density at radius 2 is 1.86 bits per heavy atom. The molecule has 1 aliphatic rings. The van der Waals surface area contributed by atoms with Crippen LogP contribution in [0.3, 0.4) is 0 Å². The van der Waals surface area contributed by atoms with E-state index in [9.17, 15) is 0 Å². The molecule has 1 aromatic carbocycles. The van der Waals surface area contributed by atoms with Crippen LogP contribution in [0.15, 0.2) is 53.1 Å². The van der Waals surface area contributed by atoms with Gasteiger partial charge in [0.2, 0.25) is 0 Å². The van der Waals surface area contributed by atoms with Gasteiger partial charge in [0.1, 0.15) is 5.76 Å². The number of nitrogens with one attached hydrogen (secondary N) is 1. The fourth-order valence-corrected chi connectivity index (χ4v) is 2.77. The summed E-state index contributed by atoms with van der Waals surface area (Å²) in [6.07, 6.45) is 1.72. The van der Waals surface area contributed by atoms with Crippen LogP contribution in [0.2, 0.25) is 0 Å². The smallest absolute Gasteiger partial charge is 0.117 e. The molecule has 1 atom stereocenters. The Morgan fingerprint density at radius 3 is 2.57 bits per heavy atom. The van der Waals surface area contributed by atoms with Crippen LogP contribution in [0.25, 0.3) is 0 Å². The fraction of sp³-hybridized carbons (Fsp3) is 0.412. The third-order valence-electron chi connectivity index (χ3n) is 3.89. The predicted octanol–water partition coefficient (Wildman–Crippen LogP) is 2.44. The van der Waals surface area contributed by atoms with Gasteiger partial charge in [-0.3, -0.25) is 4.90 Å². The van der Waals surface area contributed by atoms with Crippen molar-refractivity contribution in [2.75, 3.05) is 32.8 Å². The Bertz CT molecular complexity index is 507. The average Bonchev–Trinajstić information content (AvgIpc) is 3.07. The molecule has 0 saturated carbocycles. The van der Waals surface area contributed by atoms with Crippen LogP contribution in [-0.2, 0) is 11.3 Å². The molecule has 1 fully saturated rings. The first-order valence-electron chi connectivity index (χ1n) is 7.53. The van der Waals surface area contributed by atoms with Gasteiger partial charge in [-0.2, -0.15) is 0 Å². The van der Waals surface area contributed by atoms with E-state index in [1.54, 1.807) is 6.26 Å². The monoisotopic (exact) mass is 286 g/mol. The van der Waals surface area contributed by atoms with E-state index in [2.05, 4.69) is 40.5 Å². The van der Waals surface area contributed by atoms with E-state index in [0.717, 1.165) is 45.2 Å². The fourth-order valence-electron chi connectivity index (χ4n) is 2.77. The average molecular weight is 286 g/mol. The first kappa shape index (κ1) is 14.3. The minimum atomic E-state index is 0.380. The molecular formula is C17H22N2O2. The summed E-state index contributed by atoms with van der Waals surface area (Å²) in [5, 5.41) is 3.51. The van der Waals surface area contributed by atoms with Crippen LogP contribution in [0, 0.1) is 0 Å². The molecule has 4 nitrogen and oxygen atoms in total.